The van der Waals surface area contributed by atoms with Crippen LogP contribution in [-0.2, 0) is 0 Å². The number of halogens is 3. The molecule has 5 nitrogen and oxygen atoms in total. The zero-order valence-corrected chi connectivity index (χ0v) is 13.3. The molecule has 0 aliphatic heterocycles. The topological polar surface area (TPSA) is 62.7 Å². The van der Waals surface area contributed by atoms with Crippen LogP contribution in [0.15, 0.2) is 42.6 Å². The van der Waals surface area contributed by atoms with Crippen molar-refractivity contribution in [3.63, 3.8) is 0 Å². The first kappa shape index (κ1) is 16.1. The number of rotatable bonds is 4. The van der Waals surface area contributed by atoms with Crippen LogP contribution in [0.3, 0.4) is 0 Å². The summed E-state index contributed by atoms with van der Waals surface area (Å²) in [6, 6.07) is 8.54. The number of nitrogens with one attached hydrogen (secondary N) is 2. The van der Waals surface area contributed by atoms with E-state index in [-0.39, 0.29) is 17.5 Å². The maximum absolute atomic E-state index is 13.7. The van der Waals surface area contributed by atoms with Gasteiger partial charge >= 0.3 is 0 Å². The first-order chi connectivity index (χ1) is 11.5. The van der Waals surface area contributed by atoms with Crippen LogP contribution >= 0.6 is 11.6 Å². The van der Waals surface area contributed by atoms with Crippen molar-refractivity contribution < 1.29 is 8.78 Å². The molecule has 0 amide bonds. The van der Waals surface area contributed by atoms with Gasteiger partial charge in [0.05, 0.1) is 11.9 Å². The molecule has 0 unspecified atom stereocenters. The van der Waals surface area contributed by atoms with Gasteiger partial charge in [0.1, 0.15) is 11.6 Å². The Bertz CT molecular complexity index is 819. The summed E-state index contributed by atoms with van der Waals surface area (Å²) in [6.45, 7) is 1.89. The van der Waals surface area contributed by atoms with E-state index in [1.54, 1.807) is 18.2 Å². The molecule has 0 bridgehead atoms. The van der Waals surface area contributed by atoms with E-state index in [0.29, 0.717) is 5.02 Å². The summed E-state index contributed by atoms with van der Waals surface area (Å²) in [7, 11) is 0. The molecule has 8 heteroatoms. The number of hydrogen-bond acceptors (Lipinski definition) is 5. The third-order valence-corrected chi connectivity index (χ3v) is 3.42. The predicted octanol–water partition coefficient (Wildman–Crippen LogP) is 4.60. The Morgan fingerprint density at radius 2 is 1.79 bits per heavy atom. The predicted molar refractivity (Wildman–Crippen MR) is 88.9 cm³/mol. The standard InChI is InChI=1S/C16H12ClF2N5/c1-9-6-10(17)2-4-13(9)22-16-23-15(8-20-24-16)21-14-5-3-11(18)7-12(14)19/h2-8H,1H3,(H2,21,22,23,24). The zero-order valence-electron chi connectivity index (χ0n) is 12.5. The third-order valence-electron chi connectivity index (χ3n) is 3.19. The molecule has 1 aromatic heterocycles. The number of benzene rings is 2. The molecule has 1 heterocycles. The van der Waals surface area contributed by atoms with Gasteiger partial charge in [-0.3, -0.25) is 0 Å². The second-order valence-corrected chi connectivity index (χ2v) is 5.44. The molecular formula is C16H12ClF2N5. The number of anilines is 4. The van der Waals surface area contributed by atoms with E-state index in [4.69, 9.17) is 11.6 Å². The van der Waals surface area contributed by atoms with Crippen LogP contribution in [0.2, 0.25) is 5.02 Å². The fourth-order valence-electron chi connectivity index (χ4n) is 2.03. The van der Waals surface area contributed by atoms with Gasteiger partial charge in [-0.1, -0.05) is 11.6 Å². The summed E-state index contributed by atoms with van der Waals surface area (Å²) in [5.41, 5.74) is 1.77. The minimum Gasteiger partial charge on any atom is -0.336 e. The molecule has 2 aromatic carbocycles. The third kappa shape index (κ3) is 3.75. The van der Waals surface area contributed by atoms with Crippen molar-refractivity contribution in [2.75, 3.05) is 10.6 Å². The Balaban J connectivity index is 1.81. The van der Waals surface area contributed by atoms with Crippen molar-refractivity contribution in [3.05, 3.63) is 64.8 Å². The molecule has 0 aliphatic carbocycles. The van der Waals surface area contributed by atoms with Gasteiger partial charge in [0.15, 0.2) is 5.82 Å². The highest BCUT2D eigenvalue weighted by Crippen LogP contribution is 2.23. The van der Waals surface area contributed by atoms with Gasteiger partial charge in [-0.15, -0.1) is 5.10 Å². The summed E-state index contributed by atoms with van der Waals surface area (Å²) in [5, 5.41) is 14.1. The molecular weight excluding hydrogens is 336 g/mol. The Morgan fingerprint density at radius 1 is 1.00 bits per heavy atom. The van der Waals surface area contributed by atoms with Gasteiger partial charge in [0.2, 0.25) is 5.95 Å². The van der Waals surface area contributed by atoms with E-state index >= 15 is 0 Å². The lowest BCUT2D eigenvalue weighted by Gasteiger charge is -2.10. The molecule has 2 N–H and O–H groups in total. The minimum absolute atomic E-state index is 0.0884. The lowest BCUT2D eigenvalue weighted by molar-refractivity contribution is 0.586. The number of hydrogen-bond donors (Lipinski definition) is 2. The monoisotopic (exact) mass is 347 g/mol. The van der Waals surface area contributed by atoms with Crippen LogP contribution < -0.4 is 10.6 Å². The van der Waals surface area contributed by atoms with Gasteiger partial charge in [0.25, 0.3) is 0 Å². The van der Waals surface area contributed by atoms with Crippen molar-refractivity contribution in [2.24, 2.45) is 0 Å². The van der Waals surface area contributed by atoms with Gasteiger partial charge < -0.3 is 10.6 Å². The highest BCUT2D eigenvalue weighted by Gasteiger charge is 2.07. The highest BCUT2D eigenvalue weighted by atomic mass is 35.5. The van der Waals surface area contributed by atoms with Crippen LogP contribution in [0.4, 0.5) is 31.9 Å². The SMILES string of the molecule is Cc1cc(Cl)ccc1Nc1nncc(Nc2ccc(F)cc2F)n1. The first-order valence-corrected chi connectivity index (χ1v) is 7.34. The van der Waals surface area contributed by atoms with Crippen LogP contribution in [0.5, 0.6) is 0 Å². The molecule has 0 atom stereocenters. The van der Waals surface area contributed by atoms with Crippen molar-refractivity contribution in [3.8, 4) is 0 Å². The second kappa shape index (κ2) is 6.76. The van der Waals surface area contributed by atoms with Crippen LogP contribution in [0.1, 0.15) is 5.56 Å². The van der Waals surface area contributed by atoms with E-state index < -0.39 is 11.6 Å². The molecule has 122 valence electrons. The molecule has 0 saturated heterocycles. The van der Waals surface area contributed by atoms with Crippen molar-refractivity contribution >= 4 is 34.7 Å². The summed E-state index contributed by atoms with van der Waals surface area (Å²) in [5.74, 6) is -0.881. The van der Waals surface area contributed by atoms with E-state index in [1.165, 1.54) is 12.3 Å². The lowest BCUT2D eigenvalue weighted by atomic mass is 10.2. The van der Waals surface area contributed by atoms with E-state index in [9.17, 15) is 8.78 Å². The summed E-state index contributed by atoms with van der Waals surface area (Å²) < 4.78 is 26.6. The number of aryl methyl sites for hydroxylation is 1. The zero-order chi connectivity index (χ0) is 17.1. The van der Waals surface area contributed by atoms with E-state index in [0.717, 1.165) is 23.4 Å². The van der Waals surface area contributed by atoms with Crippen molar-refractivity contribution in [2.45, 2.75) is 6.92 Å². The average molecular weight is 348 g/mol. The Hall–Kier alpha value is -2.80. The van der Waals surface area contributed by atoms with Crippen LogP contribution in [0, 0.1) is 18.6 Å². The molecule has 3 rings (SSSR count). The number of nitrogens with zero attached hydrogens (tertiary/aromatic N) is 3. The van der Waals surface area contributed by atoms with E-state index in [1.807, 2.05) is 6.92 Å². The minimum atomic E-state index is -0.725. The van der Waals surface area contributed by atoms with E-state index in [2.05, 4.69) is 25.8 Å². The Morgan fingerprint density at radius 3 is 2.54 bits per heavy atom. The van der Waals surface area contributed by atoms with Crippen molar-refractivity contribution in [1.29, 1.82) is 0 Å². The maximum atomic E-state index is 13.7. The highest BCUT2D eigenvalue weighted by molar-refractivity contribution is 6.30. The maximum Gasteiger partial charge on any atom is 0.249 e. The number of aromatic nitrogens is 3. The molecule has 3 aromatic rings. The summed E-state index contributed by atoms with van der Waals surface area (Å²) in [4.78, 5) is 4.20. The fourth-order valence-corrected chi connectivity index (χ4v) is 2.26. The van der Waals surface area contributed by atoms with Crippen LogP contribution in [-0.4, -0.2) is 15.2 Å². The molecule has 0 radical (unpaired) electrons. The Labute approximate surface area is 141 Å². The van der Waals surface area contributed by atoms with Crippen molar-refractivity contribution in [1.82, 2.24) is 15.2 Å². The fraction of sp³-hybridized carbons (Fsp3) is 0.0625. The summed E-state index contributed by atoms with van der Waals surface area (Å²) in [6.07, 6.45) is 1.34. The molecule has 0 spiro atoms. The first-order valence-electron chi connectivity index (χ1n) is 6.96. The van der Waals surface area contributed by atoms with Gasteiger partial charge in [0, 0.05) is 16.8 Å². The molecule has 0 fully saturated rings. The quantitative estimate of drug-likeness (QED) is 0.722. The molecule has 0 saturated carbocycles. The largest absolute Gasteiger partial charge is 0.336 e. The van der Waals surface area contributed by atoms with Gasteiger partial charge in [-0.25, -0.2) is 8.78 Å². The van der Waals surface area contributed by atoms with Crippen LogP contribution in [0.25, 0.3) is 0 Å². The van der Waals surface area contributed by atoms with Gasteiger partial charge in [-0.2, -0.15) is 10.1 Å². The summed E-state index contributed by atoms with van der Waals surface area (Å²) >= 11 is 5.92. The van der Waals surface area contributed by atoms with Gasteiger partial charge in [-0.05, 0) is 42.8 Å². The normalized spacial score (nSPS) is 10.5. The molecule has 24 heavy (non-hydrogen) atoms. The average Bonchev–Trinajstić information content (AvgIpc) is 2.53. The Kier molecular flexibility index (Phi) is 4.52. The molecule has 0 aliphatic rings. The lowest BCUT2D eigenvalue weighted by Crippen LogP contribution is -2.04. The second-order valence-electron chi connectivity index (χ2n) is 5.00. The smallest absolute Gasteiger partial charge is 0.249 e.